The Labute approximate surface area is 171 Å². The Morgan fingerprint density at radius 1 is 1.14 bits per heavy atom. The molecule has 3 aromatic rings. The van der Waals surface area contributed by atoms with E-state index in [1.54, 1.807) is 6.07 Å². The number of aromatic nitrogens is 4. The monoisotopic (exact) mass is 414 g/mol. The number of carbonyl (C=O) groups excluding carboxylic acids is 2. The summed E-state index contributed by atoms with van der Waals surface area (Å²) < 4.78 is 5.17. The van der Waals surface area contributed by atoms with E-state index in [4.69, 9.17) is 16.3 Å². The van der Waals surface area contributed by atoms with Crippen LogP contribution >= 0.6 is 11.6 Å². The van der Waals surface area contributed by atoms with Crippen LogP contribution in [0.3, 0.4) is 0 Å². The molecule has 0 spiro atoms. The largest absolute Gasteiger partial charge is 0.444 e. The molecule has 0 fully saturated rings. The molecule has 0 aliphatic rings. The molecule has 0 radical (unpaired) electrons. The van der Waals surface area contributed by atoms with E-state index in [1.165, 1.54) is 12.1 Å². The molecule has 3 rings (SSSR count). The summed E-state index contributed by atoms with van der Waals surface area (Å²) in [6.45, 7) is 0.572. The molecule has 0 unspecified atom stereocenters. The second-order valence-electron chi connectivity index (χ2n) is 6.10. The average Bonchev–Trinajstić information content (AvgIpc) is 3.23. The zero-order chi connectivity index (χ0) is 20.5. The van der Waals surface area contributed by atoms with Crippen molar-refractivity contribution >= 4 is 29.3 Å². The zero-order valence-corrected chi connectivity index (χ0v) is 16.1. The van der Waals surface area contributed by atoms with Crippen molar-refractivity contribution in [2.24, 2.45) is 0 Å². The molecule has 0 saturated carbocycles. The number of rotatable bonds is 8. The number of hydrogen-bond acceptors (Lipinski definition) is 6. The highest BCUT2D eigenvalue weighted by Crippen LogP contribution is 2.19. The Morgan fingerprint density at radius 3 is 2.72 bits per heavy atom. The minimum atomic E-state index is -0.636. The first-order valence-electron chi connectivity index (χ1n) is 8.89. The third kappa shape index (κ3) is 6.58. The Bertz CT molecular complexity index is 950. The Morgan fingerprint density at radius 2 is 1.97 bits per heavy atom. The summed E-state index contributed by atoms with van der Waals surface area (Å²) in [5, 5.41) is 19.2. The van der Waals surface area contributed by atoms with E-state index in [0.29, 0.717) is 41.5 Å². The van der Waals surface area contributed by atoms with Crippen molar-refractivity contribution in [2.75, 3.05) is 11.9 Å². The highest BCUT2D eigenvalue weighted by atomic mass is 35.5. The molecule has 150 valence electrons. The van der Waals surface area contributed by atoms with Gasteiger partial charge in [-0.3, -0.25) is 10.1 Å². The maximum atomic E-state index is 12.3. The quantitative estimate of drug-likeness (QED) is 0.487. The number of tetrazole rings is 1. The lowest BCUT2D eigenvalue weighted by atomic mass is 10.2. The zero-order valence-electron chi connectivity index (χ0n) is 15.4. The van der Waals surface area contributed by atoms with Gasteiger partial charge in [0.25, 0.3) is 5.91 Å². The molecular formula is C19H19ClN6O3. The van der Waals surface area contributed by atoms with Crippen LogP contribution in [0.25, 0.3) is 0 Å². The van der Waals surface area contributed by atoms with E-state index >= 15 is 0 Å². The van der Waals surface area contributed by atoms with Gasteiger partial charge in [0.15, 0.2) is 5.82 Å². The van der Waals surface area contributed by atoms with Gasteiger partial charge in [0.2, 0.25) is 0 Å². The molecule has 0 saturated heterocycles. The van der Waals surface area contributed by atoms with Gasteiger partial charge in [0.1, 0.15) is 6.61 Å². The van der Waals surface area contributed by atoms with Crippen LogP contribution in [0.1, 0.15) is 28.2 Å². The first-order valence-corrected chi connectivity index (χ1v) is 9.27. The van der Waals surface area contributed by atoms with Gasteiger partial charge in [-0.15, -0.1) is 10.2 Å². The number of ether oxygens (including phenoxy) is 1. The Hall–Kier alpha value is -3.46. The first kappa shape index (κ1) is 20.3. The van der Waals surface area contributed by atoms with Crippen molar-refractivity contribution in [3.8, 4) is 0 Å². The first-order chi connectivity index (χ1) is 14.1. The van der Waals surface area contributed by atoms with Crippen molar-refractivity contribution in [2.45, 2.75) is 19.4 Å². The molecule has 2 amide bonds. The van der Waals surface area contributed by atoms with Crippen molar-refractivity contribution in [3.05, 3.63) is 70.5 Å². The van der Waals surface area contributed by atoms with Gasteiger partial charge < -0.3 is 10.1 Å². The molecule has 0 bridgehead atoms. The SMILES string of the molecule is O=C(Nc1cc(Cl)cc(C(=O)NCCCc2nn[nH]n2)c1)OCc1ccccc1. The third-order valence-electron chi connectivity index (χ3n) is 3.87. The number of anilines is 1. The highest BCUT2D eigenvalue weighted by Gasteiger charge is 2.11. The molecule has 3 N–H and O–H groups in total. The predicted molar refractivity (Wildman–Crippen MR) is 107 cm³/mol. The van der Waals surface area contributed by atoms with E-state index < -0.39 is 6.09 Å². The second-order valence-corrected chi connectivity index (χ2v) is 6.54. The fourth-order valence-electron chi connectivity index (χ4n) is 2.51. The summed E-state index contributed by atoms with van der Waals surface area (Å²) in [5.74, 6) is 0.281. The van der Waals surface area contributed by atoms with Crippen LogP contribution < -0.4 is 10.6 Å². The van der Waals surface area contributed by atoms with Crippen molar-refractivity contribution < 1.29 is 14.3 Å². The fraction of sp³-hybridized carbons (Fsp3) is 0.211. The normalized spacial score (nSPS) is 10.4. The number of hydrogen-bond donors (Lipinski definition) is 3. The second kappa shape index (κ2) is 10.2. The lowest BCUT2D eigenvalue weighted by Gasteiger charge is -2.10. The number of halogens is 1. The van der Waals surface area contributed by atoms with E-state index in [0.717, 1.165) is 5.56 Å². The van der Waals surface area contributed by atoms with Crippen molar-refractivity contribution in [1.29, 1.82) is 0 Å². The van der Waals surface area contributed by atoms with Gasteiger partial charge >= 0.3 is 6.09 Å². The van der Waals surface area contributed by atoms with Crippen molar-refractivity contribution in [1.82, 2.24) is 25.9 Å². The molecule has 1 heterocycles. The lowest BCUT2D eigenvalue weighted by Crippen LogP contribution is -2.25. The molecule has 9 nitrogen and oxygen atoms in total. The lowest BCUT2D eigenvalue weighted by molar-refractivity contribution is 0.0953. The summed E-state index contributed by atoms with van der Waals surface area (Å²) in [6.07, 6.45) is 0.609. The Kier molecular flexibility index (Phi) is 7.12. The molecule has 0 atom stereocenters. The van der Waals surface area contributed by atoms with Crippen LogP contribution in [0.5, 0.6) is 0 Å². The van der Waals surface area contributed by atoms with Crippen LogP contribution in [0, 0.1) is 0 Å². The molecular weight excluding hydrogens is 396 g/mol. The smallest absolute Gasteiger partial charge is 0.411 e. The molecule has 2 aromatic carbocycles. The molecule has 0 aliphatic carbocycles. The van der Waals surface area contributed by atoms with Gasteiger partial charge in [0.05, 0.1) is 0 Å². The summed E-state index contributed by atoms with van der Waals surface area (Å²) >= 11 is 6.08. The number of nitrogens with zero attached hydrogens (tertiary/aromatic N) is 3. The summed E-state index contributed by atoms with van der Waals surface area (Å²) in [4.78, 5) is 24.3. The van der Waals surface area contributed by atoms with E-state index in [1.807, 2.05) is 30.3 Å². The van der Waals surface area contributed by atoms with Crippen molar-refractivity contribution in [3.63, 3.8) is 0 Å². The molecule has 29 heavy (non-hydrogen) atoms. The molecule has 0 aliphatic heterocycles. The van der Waals surface area contributed by atoms with Crippen LogP contribution in [-0.4, -0.2) is 39.2 Å². The number of aryl methyl sites for hydroxylation is 1. The number of carbonyl (C=O) groups is 2. The van der Waals surface area contributed by atoms with Gasteiger partial charge in [-0.2, -0.15) is 5.21 Å². The van der Waals surface area contributed by atoms with Crippen LogP contribution in [-0.2, 0) is 17.8 Å². The van der Waals surface area contributed by atoms with Gasteiger partial charge in [-0.05, 0) is 30.2 Å². The molecule has 10 heteroatoms. The fourth-order valence-corrected chi connectivity index (χ4v) is 2.74. The highest BCUT2D eigenvalue weighted by molar-refractivity contribution is 6.31. The standard InChI is InChI=1S/C19H19ClN6O3/c20-15-9-14(18(27)21-8-4-7-17-23-25-26-24-17)10-16(11-15)22-19(28)29-12-13-5-2-1-3-6-13/h1-3,5-6,9-11H,4,7-8,12H2,(H,21,27)(H,22,28)(H,23,24,25,26). The molecule has 1 aromatic heterocycles. The minimum Gasteiger partial charge on any atom is -0.444 e. The maximum Gasteiger partial charge on any atom is 0.411 e. The minimum absolute atomic E-state index is 0.140. The number of amides is 2. The predicted octanol–water partition coefficient (Wildman–Crippen LogP) is 2.96. The van der Waals surface area contributed by atoms with Gasteiger partial charge in [0, 0.05) is 29.2 Å². The third-order valence-corrected chi connectivity index (χ3v) is 4.09. The van der Waals surface area contributed by atoms with E-state index in [9.17, 15) is 9.59 Å². The van der Waals surface area contributed by atoms with Crippen LogP contribution in [0.15, 0.2) is 48.5 Å². The number of H-pyrrole nitrogens is 1. The number of aromatic amines is 1. The van der Waals surface area contributed by atoms with Gasteiger partial charge in [-0.25, -0.2) is 4.79 Å². The number of nitrogens with one attached hydrogen (secondary N) is 3. The average molecular weight is 415 g/mol. The number of benzene rings is 2. The topological polar surface area (TPSA) is 122 Å². The Balaban J connectivity index is 1.50. The van der Waals surface area contributed by atoms with Crippen LogP contribution in [0.4, 0.5) is 10.5 Å². The van der Waals surface area contributed by atoms with E-state index in [2.05, 4.69) is 31.3 Å². The maximum absolute atomic E-state index is 12.3. The van der Waals surface area contributed by atoms with Gasteiger partial charge in [-0.1, -0.05) is 47.1 Å². The summed E-state index contributed by atoms with van der Waals surface area (Å²) in [7, 11) is 0. The summed E-state index contributed by atoms with van der Waals surface area (Å²) in [6, 6.07) is 13.9. The van der Waals surface area contributed by atoms with E-state index in [-0.39, 0.29) is 12.5 Å². The van der Waals surface area contributed by atoms with Crippen LogP contribution in [0.2, 0.25) is 5.02 Å². The summed E-state index contributed by atoms with van der Waals surface area (Å²) in [5.41, 5.74) is 1.57.